The predicted molar refractivity (Wildman–Crippen MR) is 203 cm³/mol. The van der Waals surface area contributed by atoms with Crippen LogP contribution >= 0.6 is 7.60 Å². The summed E-state index contributed by atoms with van der Waals surface area (Å²) in [4.78, 5) is 33.1. The highest BCUT2D eigenvalue weighted by atomic mass is 31.2. The van der Waals surface area contributed by atoms with E-state index in [9.17, 15) is 29.6 Å². The van der Waals surface area contributed by atoms with Crippen molar-refractivity contribution < 1.29 is 47.1 Å². The first kappa shape index (κ1) is 43.3. The van der Waals surface area contributed by atoms with Crippen LogP contribution in [0.15, 0.2) is 41.0 Å². The zero-order valence-corrected chi connectivity index (χ0v) is 32.5. The van der Waals surface area contributed by atoms with Gasteiger partial charge in [0.15, 0.2) is 11.3 Å². The SMILES string of the molecule is CC1(C)OC[C@@H](COP(=O)(CCCCCCCCCCCOC(=O)NCCCCCCNc2ccc([N+](=O)[O-])c3nonc23)Oc2ccc([N+](=O)[O-])cc2)O1. The maximum absolute atomic E-state index is 13.7. The van der Waals surface area contributed by atoms with E-state index in [2.05, 4.69) is 25.6 Å². The van der Waals surface area contributed by atoms with Crippen LogP contribution in [0.5, 0.6) is 5.75 Å². The summed E-state index contributed by atoms with van der Waals surface area (Å²) in [7, 11) is -3.56. The number of carbonyl (C=O) groups is 1. The molecule has 19 heteroatoms. The fourth-order valence-corrected chi connectivity index (χ4v) is 7.71. The van der Waals surface area contributed by atoms with Crippen molar-refractivity contribution in [3.05, 3.63) is 56.6 Å². The summed E-state index contributed by atoms with van der Waals surface area (Å²) in [5.41, 5.74) is 0.848. The summed E-state index contributed by atoms with van der Waals surface area (Å²) in [6, 6.07) is 8.43. The first-order valence-corrected chi connectivity index (χ1v) is 20.7. The number of anilines is 1. The average molecular weight is 793 g/mol. The van der Waals surface area contributed by atoms with Gasteiger partial charge in [-0.15, -0.1) is 0 Å². The fraction of sp³-hybridized carbons (Fsp3) is 0.639. The summed E-state index contributed by atoms with van der Waals surface area (Å²) in [5, 5.41) is 35.5. The molecule has 1 aromatic heterocycles. The molecule has 2 aromatic carbocycles. The summed E-state index contributed by atoms with van der Waals surface area (Å²) >= 11 is 0. The Morgan fingerprint density at radius 1 is 0.855 bits per heavy atom. The van der Waals surface area contributed by atoms with E-state index in [1.54, 1.807) is 19.9 Å². The Labute approximate surface area is 320 Å². The monoisotopic (exact) mass is 792 g/mol. The number of ether oxygens (including phenoxy) is 3. The van der Waals surface area contributed by atoms with Crippen LogP contribution in [0.1, 0.15) is 97.3 Å². The lowest BCUT2D eigenvalue weighted by Gasteiger charge is -2.22. The molecule has 1 fully saturated rings. The first-order valence-electron chi connectivity index (χ1n) is 19.0. The average Bonchev–Trinajstić information content (AvgIpc) is 3.79. The molecule has 2 N–H and O–H groups in total. The van der Waals surface area contributed by atoms with Gasteiger partial charge in [-0.25, -0.2) is 14.0 Å². The smallest absolute Gasteiger partial charge is 0.407 e. The van der Waals surface area contributed by atoms with Crippen molar-refractivity contribution in [3.8, 4) is 5.75 Å². The summed E-state index contributed by atoms with van der Waals surface area (Å²) < 4.78 is 46.6. The Morgan fingerprint density at radius 2 is 1.49 bits per heavy atom. The minimum absolute atomic E-state index is 0.0494. The van der Waals surface area contributed by atoms with Crippen LogP contribution in [0.3, 0.4) is 0 Å². The Morgan fingerprint density at radius 3 is 2.15 bits per heavy atom. The lowest BCUT2D eigenvalue weighted by Crippen LogP contribution is -2.25. The third kappa shape index (κ3) is 15.3. The predicted octanol–water partition coefficient (Wildman–Crippen LogP) is 8.69. The second-order valence-electron chi connectivity index (χ2n) is 13.9. The van der Waals surface area contributed by atoms with Crippen molar-refractivity contribution >= 4 is 41.8 Å². The van der Waals surface area contributed by atoms with E-state index in [-0.39, 0.29) is 41.5 Å². The number of nitro groups is 2. The molecular weight excluding hydrogens is 739 g/mol. The first-order chi connectivity index (χ1) is 26.4. The molecule has 1 aliphatic heterocycles. The van der Waals surface area contributed by atoms with Gasteiger partial charge in [0, 0.05) is 31.3 Å². The Hall–Kier alpha value is -4.38. The van der Waals surface area contributed by atoms with Crippen LogP contribution in [-0.4, -0.2) is 77.2 Å². The number of benzene rings is 2. The van der Waals surface area contributed by atoms with Gasteiger partial charge in [-0.3, -0.25) is 24.8 Å². The molecule has 0 saturated carbocycles. The molecular formula is C36H53N6O12P. The molecule has 1 saturated heterocycles. The second-order valence-corrected chi connectivity index (χ2v) is 16.0. The van der Waals surface area contributed by atoms with E-state index in [0.717, 1.165) is 77.0 Å². The summed E-state index contributed by atoms with van der Waals surface area (Å²) in [6.07, 6.45) is 11.6. The highest BCUT2D eigenvalue weighted by molar-refractivity contribution is 7.54. The Kier molecular flexibility index (Phi) is 17.5. The lowest BCUT2D eigenvalue weighted by atomic mass is 10.1. The van der Waals surface area contributed by atoms with Crippen molar-refractivity contribution in [2.75, 3.05) is 44.4 Å². The van der Waals surface area contributed by atoms with Gasteiger partial charge in [-0.05, 0) is 68.0 Å². The van der Waals surface area contributed by atoms with E-state index in [4.69, 9.17) is 23.3 Å². The maximum Gasteiger partial charge on any atom is 0.407 e. The van der Waals surface area contributed by atoms with Crippen molar-refractivity contribution in [3.63, 3.8) is 0 Å². The topological polar surface area (TPSA) is 230 Å². The number of hydrogen-bond donors (Lipinski definition) is 2. The van der Waals surface area contributed by atoms with E-state index >= 15 is 0 Å². The molecule has 18 nitrogen and oxygen atoms in total. The van der Waals surface area contributed by atoms with Gasteiger partial charge in [-0.1, -0.05) is 57.8 Å². The number of aromatic nitrogens is 2. The van der Waals surface area contributed by atoms with Gasteiger partial charge in [0.25, 0.3) is 5.69 Å². The van der Waals surface area contributed by atoms with Crippen LogP contribution in [0.4, 0.5) is 21.9 Å². The molecule has 0 spiro atoms. The molecule has 2 atom stereocenters. The van der Waals surface area contributed by atoms with E-state index in [1.165, 1.54) is 30.3 Å². The molecule has 1 aliphatic rings. The molecule has 1 amide bonds. The Bertz CT molecular complexity index is 1710. The third-order valence-electron chi connectivity index (χ3n) is 8.91. The number of nitrogens with one attached hydrogen (secondary N) is 2. The molecule has 304 valence electrons. The zero-order chi connectivity index (χ0) is 39.5. The number of amides is 1. The third-order valence-corrected chi connectivity index (χ3v) is 10.8. The molecule has 0 radical (unpaired) electrons. The maximum atomic E-state index is 13.7. The van der Waals surface area contributed by atoms with Gasteiger partial charge < -0.3 is 29.4 Å². The summed E-state index contributed by atoms with van der Waals surface area (Å²) in [6.45, 7) is 5.56. The van der Waals surface area contributed by atoms with E-state index < -0.39 is 29.3 Å². The van der Waals surface area contributed by atoms with Crippen molar-refractivity contribution in [1.29, 1.82) is 0 Å². The number of alkyl carbamates (subject to hydrolysis) is 1. The van der Waals surface area contributed by atoms with Crippen LogP contribution < -0.4 is 15.2 Å². The van der Waals surface area contributed by atoms with Crippen LogP contribution in [0.2, 0.25) is 0 Å². The second kappa shape index (κ2) is 22.2. The standard InChI is InChI=1S/C36H53N6O12P/c1-36(2)50-26-30(52-36)27-51-55(48,53-29-18-16-28(17-19-29)41(44)45)25-15-11-7-5-3-4-6-10-14-24-49-35(43)38-23-13-9-8-12-22-37-31-20-21-32(42(46)47)34-33(31)39-54-40-34/h16-21,30,37H,3-15,22-27H2,1-2H3,(H,38,43)/t30-,55?/m0/s1. The molecule has 2 heterocycles. The summed E-state index contributed by atoms with van der Waals surface area (Å²) in [5.74, 6) is -0.490. The quantitative estimate of drug-likeness (QED) is 0.0318. The minimum Gasteiger partial charge on any atom is -0.450 e. The van der Waals surface area contributed by atoms with Crippen molar-refractivity contribution in [2.24, 2.45) is 0 Å². The highest BCUT2D eigenvalue weighted by Crippen LogP contribution is 2.50. The molecule has 0 bridgehead atoms. The normalized spacial score (nSPS) is 16.1. The number of carbonyl (C=O) groups excluding carboxylic acids is 1. The van der Waals surface area contributed by atoms with Gasteiger partial charge in [0.05, 0.1) is 41.5 Å². The number of nitro benzene ring substituents is 2. The van der Waals surface area contributed by atoms with Gasteiger partial charge in [0.1, 0.15) is 11.9 Å². The number of hydrogen-bond acceptors (Lipinski definition) is 15. The van der Waals surface area contributed by atoms with Crippen LogP contribution in [-0.2, 0) is 23.3 Å². The molecule has 4 rings (SSSR count). The Balaban J connectivity index is 0.965. The number of unbranched alkanes of at least 4 members (excludes halogenated alkanes) is 11. The van der Waals surface area contributed by atoms with Gasteiger partial charge >= 0.3 is 19.4 Å². The number of rotatable bonds is 27. The lowest BCUT2D eigenvalue weighted by molar-refractivity contribution is -0.384. The van der Waals surface area contributed by atoms with E-state index in [0.29, 0.717) is 43.9 Å². The molecule has 55 heavy (non-hydrogen) atoms. The van der Waals surface area contributed by atoms with Crippen molar-refractivity contribution in [1.82, 2.24) is 15.6 Å². The number of nitrogens with zero attached hydrogens (tertiary/aromatic N) is 4. The van der Waals surface area contributed by atoms with Gasteiger partial charge in [0.2, 0.25) is 5.52 Å². The highest BCUT2D eigenvalue weighted by Gasteiger charge is 2.35. The zero-order valence-electron chi connectivity index (χ0n) is 31.6. The molecule has 3 aromatic rings. The molecule has 1 unspecified atom stereocenters. The number of non-ortho nitro benzene ring substituents is 2. The molecule has 0 aliphatic carbocycles. The van der Waals surface area contributed by atoms with E-state index in [1.807, 2.05) is 0 Å². The van der Waals surface area contributed by atoms with Crippen molar-refractivity contribution in [2.45, 2.75) is 109 Å². The van der Waals surface area contributed by atoms with Crippen LogP contribution in [0, 0.1) is 20.2 Å². The largest absolute Gasteiger partial charge is 0.450 e. The fourth-order valence-electron chi connectivity index (χ4n) is 5.99. The number of fused-ring (bicyclic) bond motifs is 1. The minimum atomic E-state index is -3.56. The van der Waals surface area contributed by atoms with Gasteiger partial charge in [-0.2, -0.15) is 0 Å². The van der Waals surface area contributed by atoms with Crippen LogP contribution in [0.25, 0.3) is 11.0 Å².